The molecule has 0 radical (unpaired) electrons. The third-order valence-corrected chi connectivity index (χ3v) is 3.32. The number of hydrogen-bond donors (Lipinski definition) is 2. The van der Waals surface area contributed by atoms with Gasteiger partial charge < -0.3 is 10.6 Å². The highest BCUT2D eigenvalue weighted by molar-refractivity contribution is 5.82. The Bertz CT molecular complexity index is 268. The standard InChI is InChI=1S/C10H15F3N2O/c11-10(12,13)6-4-7(5-6)15-9(16)8-2-1-3-14-8/h6-8,14H,1-5H2,(H,15,16)/t6-,7+,8-/m1/s1. The number of nitrogens with one attached hydrogen (secondary N) is 2. The SMILES string of the molecule is O=C(N[C@H]1C[C@@H](C(F)(F)F)C1)[C@H]1CCCN1. The Balaban J connectivity index is 1.71. The Morgan fingerprint density at radius 2 is 2.00 bits per heavy atom. The van der Waals surface area contributed by atoms with Gasteiger partial charge in [-0.3, -0.25) is 4.79 Å². The lowest BCUT2D eigenvalue weighted by molar-refractivity contribution is -0.199. The van der Waals surface area contributed by atoms with Crippen LogP contribution < -0.4 is 10.6 Å². The summed E-state index contributed by atoms with van der Waals surface area (Å²) in [5.41, 5.74) is 0. The molecule has 2 N–H and O–H groups in total. The molecule has 1 atom stereocenters. The normalized spacial score (nSPS) is 34.6. The molecule has 0 aromatic heterocycles. The molecule has 2 fully saturated rings. The smallest absolute Gasteiger partial charge is 0.352 e. The molecule has 1 aliphatic carbocycles. The van der Waals surface area contributed by atoms with E-state index >= 15 is 0 Å². The summed E-state index contributed by atoms with van der Waals surface area (Å²) in [6, 6.07) is -0.494. The molecule has 1 saturated heterocycles. The molecular weight excluding hydrogens is 221 g/mol. The van der Waals surface area contributed by atoms with Crippen LogP contribution in [0.4, 0.5) is 13.2 Å². The Kier molecular flexibility index (Phi) is 3.10. The summed E-state index contributed by atoms with van der Waals surface area (Å²) < 4.78 is 36.6. The van der Waals surface area contributed by atoms with E-state index in [1.54, 1.807) is 0 Å². The van der Waals surface area contributed by atoms with Crippen molar-refractivity contribution in [2.75, 3.05) is 6.54 Å². The third-order valence-electron chi connectivity index (χ3n) is 3.32. The van der Waals surface area contributed by atoms with Gasteiger partial charge in [-0.1, -0.05) is 0 Å². The van der Waals surface area contributed by atoms with Crippen LogP contribution in [-0.2, 0) is 4.79 Å². The number of hydrogen-bond acceptors (Lipinski definition) is 2. The van der Waals surface area contributed by atoms with E-state index in [4.69, 9.17) is 0 Å². The number of halogens is 3. The van der Waals surface area contributed by atoms with Gasteiger partial charge in [0.05, 0.1) is 12.0 Å². The van der Waals surface area contributed by atoms with Crippen molar-refractivity contribution in [3.05, 3.63) is 0 Å². The van der Waals surface area contributed by atoms with Gasteiger partial charge in [0.25, 0.3) is 0 Å². The Hall–Kier alpha value is -0.780. The maximum atomic E-state index is 12.2. The second-order valence-corrected chi connectivity index (χ2v) is 4.56. The van der Waals surface area contributed by atoms with Gasteiger partial charge in [0.15, 0.2) is 0 Å². The van der Waals surface area contributed by atoms with Crippen molar-refractivity contribution >= 4 is 5.91 Å². The lowest BCUT2D eigenvalue weighted by atomic mass is 9.79. The molecule has 0 unspecified atom stereocenters. The van der Waals surface area contributed by atoms with Crippen molar-refractivity contribution in [3.63, 3.8) is 0 Å². The predicted octanol–water partition coefficient (Wildman–Crippen LogP) is 1.20. The van der Waals surface area contributed by atoms with E-state index in [9.17, 15) is 18.0 Å². The quantitative estimate of drug-likeness (QED) is 0.756. The summed E-state index contributed by atoms with van der Waals surface area (Å²) in [5.74, 6) is -1.38. The van der Waals surface area contributed by atoms with Crippen LogP contribution >= 0.6 is 0 Å². The zero-order valence-electron chi connectivity index (χ0n) is 8.81. The molecule has 1 saturated carbocycles. The predicted molar refractivity (Wildman–Crippen MR) is 51.7 cm³/mol. The van der Waals surface area contributed by atoms with Crippen molar-refractivity contribution in [2.45, 2.75) is 43.9 Å². The van der Waals surface area contributed by atoms with E-state index in [0.29, 0.717) is 0 Å². The highest BCUT2D eigenvalue weighted by Crippen LogP contribution is 2.40. The highest BCUT2D eigenvalue weighted by atomic mass is 19.4. The summed E-state index contributed by atoms with van der Waals surface area (Å²) in [6.45, 7) is 0.813. The number of rotatable bonds is 2. The fourth-order valence-electron chi connectivity index (χ4n) is 2.21. The maximum Gasteiger partial charge on any atom is 0.391 e. The summed E-state index contributed by atoms with van der Waals surface area (Å²) >= 11 is 0. The first-order valence-electron chi connectivity index (χ1n) is 5.57. The van der Waals surface area contributed by atoms with Gasteiger partial charge in [-0.25, -0.2) is 0 Å². The molecule has 2 rings (SSSR count). The van der Waals surface area contributed by atoms with E-state index < -0.39 is 12.1 Å². The molecule has 2 aliphatic rings. The summed E-state index contributed by atoms with van der Waals surface area (Å²) in [6.07, 6.45) is -2.31. The zero-order valence-corrected chi connectivity index (χ0v) is 8.81. The van der Waals surface area contributed by atoms with Crippen LogP contribution in [0.2, 0.25) is 0 Å². The van der Waals surface area contributed by atoms with Gasteiger partial charge in [-0.2, -0.15) is 13.2 Å². The molecule has 16 heavy (non-hydrogen) atoms. The van der Waals surface area contributed by atoms with Gasteiger partial charge in [-0.15, -0.1) is 0 Å². The van der Waals surface area contributed by atoms with E-state index in [2.05, 4.69) is 10.6 Å². The molecule has 92 valence electrons. The second-order valence-electron chi connectivity index (χ2n) is 4.56. The van der Waals surface area contributed by atoms with Crippen LogP contribution in [0.25, 0.3) is 0 Å². The number of carbonyl (C=O) groups excluding carboxylic acids is 1. The van der Waals surface area contributed by atoms with Crippen LogP contribution in [0, 0.1) is 5.92 Å². The van der Waals surface area contributed by atoms with Crippen LogP contribution in [0.15, 0.2) is 0 Å². The van der Waals surface area contributed by atoms with Gasteiger partial charge in [0, 0.05) is 6.04 Å². The lowest BCUT2D eigenvalue weighted by Crippen LogP contribution is -2.52. The minimum Gasteiger partial charge on any atom is -0.352 e. The maximum absolute atomic E-state index is 12.2. The van der Waals surface area contributed by atoms with E-state index in [-0.39, 0.29) is 30.8 Å². The second kappa shape index (κ2) is 4.24. The fourth-order valence-corrected chi connectivity index (χ4v) is 2.21. The molecule has 0 aromatic carbocycles. The fraction of sp³-hybridized carbons (Fsp3) is 0.900. The largest absolute Gasteiger partial charge is 0.391 e. The molecule has 0 bridgehead atoms. The zero-order chi connectivity index (χ0) is 11.8. The van der Waals surface area contributed by atoms with E-state index in [1.807, 2.05) is 0 Å². The van der Waals surface area contributed by atoms with Gasteiger partial charge in [0.1, 0.15) is 0 Å². The van der Waals surface area contributed by atoms with Crippen molar-refractivity contribution < 1.29 is 18.0 Å². The Morgan fingerprint density at radius 3 is 2.50 bits per heavy atom. The first-order chi connectivity index (χ1) is 7.47. The molecule has 1 heterocycles. The number of alkyl halides is 3. The monoisotopic (exact) mass is 236 g/mol. The molecular formula is C10H15F3N2O. The number of carbonyl (C=O) groups is 1. The molecule has 0 spiro atoms. The Morgan fingerprint density at radius 1 is 1.31 bits per heavy atom. The minimum atomic E-state index is -4.10. The summed E-state index contributed by atoms with van der Waals surface area (Å²) in [4.78, 5) is 11.6. The topological polar surface area (TPSA) is 41.1 Å². The molecule has 1 amide bonds. The van der Waals surface area contributed by atoms with Crippen LogP contribution in [-0.4, -0.2) is 30.7 Å². The van der Waals surface area contributed by atoms with Crippen LogP contribution in [0.3, 0.4) is 0 Å². The average molecular weight is 236 g/mol. The summed E-state index contributed by atoms with van der Waals surface area (Å²) in [7, 11) is 0. The van der Waals surface area contributed by atoms with Crippen molar-refractivity contribution in [3.8, 4) is 0 Å². The van der Waals surface area contributed by atoms with E-state index in [1.165, 1.54) is 0 Å². The van der Waals surface area contributed by atoms with Crippen molar-refractivity contribution in [1.82, 2.24) is 10.6 Å². The molecule has 6 heteroatoms. The highest BCUT2D eigenvalue weighted by Gasteiger charge is 2.48. The first-order valence-corrected chi connectivity index (χ1v) is 5.57. The van der Waals surface area contributed by atoms with Gasteiger partial charge in [0.2, 0.25) is 5.91 Å². The number of amides is 1. The van der Waals surface area contributed by atoms with Gasteiger partial charge in [-0.05, 0) is 32.2 Å². The Labute approximate surface area is 91.8 Å². The van der Waals surface area contributed by atoms with Crippen LogP contribution in [0.5, 0.6) is 0 Å². The van der Waals surface area contributed by atoms with E-state index in [0.717, 1.165) is 19.4 Å². The van der Waals surface area contributed by atoms with Crippen molar-refractivity contribution in [2.24, 2.45) is 5.92 Å². The molecule has 1 aliphatic heterocycles. The van der Waals surface area contributed by atoms with Gasteiger partial charge >= 0.3 is 6.18 Å². The first kappa shape index (κ1) is 11.7. The molecule has 0 aromatic rings. The molecule has 3 nitrogen and oxygen atoms in total. The minimum absolute atomic E-state index is 0.0297. The summed E-state index contributed by atoms with van der Waals surface area (Å²) in [5, 5.41) is 5.68. The van der Waals surface area contributed by atoms with Crippen LogP contribution in [0.1, 0.15) is 25.7 Å². The lowest BCUT2D eigenvalue weighted by Gasteiger charge is -2.37. The average Bonchev–Trinajstić information content (AvgIpc) is 2.60. The third kappa shape index (κ3) is 2.48. The van der Waals surface area contributed by atoms with Crippen molar-refractivity contribution in [1.29, 1.82) is 0 Å².